The molecule has 0 amide bonds. The summed E-state index contributed by atoms with van der Waals surface area (Å²) in [5.41, 5.74) is 15.6. The predicted molar refractivity (Wildman–Crippen MR) is 257 cm³/mol. The monoisotopic (exact) mass is 778 g/mol. The zero-order chi connectivity index (χ0) is 40.3. The Bertz CT molecular complexity index is 3530. The average Bonchev–Trinajstić information content (AvgIpc) is 3.88. The maximum atomic E-state index is 6.26. The molecule has 0 N–H and O–H groups in total. The van der Waals surface area contributed by atoms with Gasteiger partial charge in [-0.3, -0.25) is 0 Å². The van der Waals surface area contributed by atoms with E-state index in [9.17, 15) is 0 Å². The summed E-state index contributed by atoms with van der Waals surface area (Å²) >= 11 is 0. The zero-order valence-electron chi connectivity index (χ0n) is 33.2. The van der Waals surface area contributed by atoms with Crippen molar-refractivity contribution >= 4 is 71.6 Å². The number of anilines is 3. The van der Waals surface area contributed by atoms with Crippen molar-refractivity contribution in [2.45, 2.75) is 0 Å². The minimum Gasteiger partial charge on any atom is -0.456 e. The standard InChI is InChI=1S/C58H38N2O/c1-2-19-48-40(13-1)14-11-23-49(48)43-16-10-17-46(38-43)59(45-35-31-41(32-36-45)50-24-12-28-57-58(50)53-22-5-8-27-56(53)61-57)44-33-29-39(30-34-44)42-15-9-18-47(37-42)60-54-25-6-3-20-51(54)52-21-4-7-26-55(52)60/h1-38H. The summed E-state index contributed by atoms with van der Waals surface area (Å²) in [7, 11) is 0. The van der Waals surface area contributed by atoms with Gasteiger partial charge in [-0.1, -0.05) is 158 Å². The van der Waals surface area contributed by atoms with Gasteiger partial charge in [-0.25, -0.2) is 0 Å². The Labute approximate surface area is 353 Å². The average molecular weight is 779 g/mol. The topological polar surface area (TPSA) is 21.3 Å². The highest BCUT2D eigenvalue weighted by Gasteiger charge is 2.18. The maximum Gasteiger partial charge on any atom is 0.136 e. The van der Waals surface area contributed by atoms with Crippen molar-refractivity contribution in [1.82, 2.24) is 4.57 Å². The Balaban J connectivity index is 0.960. The largest absolute Gasteiger partial charge is 0.456 e. The Morgan fingerprint density at radius 1 is 0.328 bits per heavy atom. The lowest BCUT2D eigenvalue weighted by Gasteiger charge is -2.26. The van der Waals surface area contributed by atoms with Gasteiger partial charge < -0.3 is 13.9 Å². The number of aromatic nitrogens is 1. The summed E-state index contributed by atoms with van der Waals surface area (Å²) in [4.78, 5) is 2.37. The highest BCUT2D eigenvalue weighted by atomic mass is 16.3. The predicted octanol–water partition coefficient (Wildman–Crippen LogP) is 16.3. The van der Waals surface area contributed by atoms with Crippen LogP contribution in [-0.4, -0.2) is 4.57 Å². The highest BCUT2D eigenvalue weighted by molar-refractivity contribution is 6.12. The zero-order valence-corrected chi connectivity index (χ0v) is 33.2. The van der Waals surface area contributed by atoms with Crippen LogP contribution in [0.2, 0.25) is 0 Å². The first-order chi connectivity index (χ1) is 30.2. The molecule has 61 heavy (non-hydrogen) atoms. The summed E-state index contributed by atoms with van der Waals surface area (Å²) in [6.45, 7) is 0. The molecule has 3 nitrogen and oxygen atoms in total. The van der Waals surface area contributed by atoms with Gasteiger partial charge in [0.2, 0.25) is 0 Å². The van der Waals surface area contributed by atoms with Crippen LogP contribution in [-0.2, 0) is 0 Å². The second kappa shape index (κ2) is 14.3. The van der Waals surface area contributed by atoms with E-state index in [2.05, 4.69) is 228 Å². The fourth-order valence-corrected chi connectivity index (χ4v) is 9.37. The fraction of sp³-hybridized carbons (Fsp3) is 0. The molecule has 0 aliphatic carbocycles. The van der Waals surface area contributed by atoms with E-state index >= 15 is 0 Å². The van der Waals surface area contributed by atoms with Crippen LogP contribution in [0.5, 0.6) is 0 Å². The molecule has 10 aromatic carbocycles. The molecule has 0 radical (unpaired) electrons. The lowest BCUT2D eigenvalue weighted by molar-refractivity contribution is 0.669. The molecule has 0 aliphatic rings. The summed E-state index contributed by atoms with van der Waals surface area (Å²) < 4.78 is 8.64. The van der Waals surface area contributed by atoms with E-state index in [0.717, 1.165) is 61.4 Å². The Morgan fingerprint density at radius 3 is 1.66 bits per heavy atom. The molecule has 0 aliphatic heterocycles. The van der Waals surface area contributed by atoms with Crippen LogP contribution >= 0.6 is 0 Å². The number of hydrogen-bond acceptors (Lipinski definition) is 2. The quantitative estimate of drug-likeness (QED) is 0.161. The summed E-state index contributed by atoms with van der Waals surface area (Å²) in [5, 5.41) is 7.27. The number of para-hydroxylation sites is 3. The van der Waals surface area contributed by atoms with E-state index in [1.807, 2.05) is 12.1 Å². The molecule has 0 saturated heterocycles. The molecule has 12 aromatic rings. The minimum atomic E-state index is 0.898. The minimum absolute atomic E-state index is 0.898. The third-order valence-electron chi connectivity index (χ3n) is 12.2. The molecular weight excluding hydrogens is 741 g/mol. The molecule has 2 aromatic heterocycles. The number of hydrogen-bond donors (Lipinski definition) is 0. The van der Waals surface area contributed by atoms with Gasteiger partial charge in [0.15, 0.2) is 0 Å². The van der Waals surface area contributed by atoms with Crippen LogP contribution in [0.25, 0.3) is 93.6 Å². The van der Waals surface area contributed by atoms with Gasteiger partial charge >= 0.3 is 0 Å². The number of nitrogens with zero attached hydrogens (tertiary/aromatic N) is 2. The van der Waals surface area contributed by atoms with E-state index < -0.39 is 0 Å². The second-order valence-corrected chi connectivity index (χ2v) is 15.7. The first-order valence-electron chi connectivity index (χ1n) is 20.8. The van der Waals surface area contributed by atoms with E-state index in [0.29, 0.717) is 0 Å². The lowest BCUT2D eigenvalue weighted by atomic mass is 9.97. The molecule has 12 rings (SSSR count). The SMILES string of the molecule is c1cc(-c2cccc3ccccc23)cc(N(c2ccc(-c3cccc(-n4c5ccccc5c5ccccc54)c3)cc2)c2ccc(-c3cccc4oc5ccccc5c34)cc2)c1. The highest BCUT2D eigenvalue weighted by Crippen LogP contribution is 2.42. The number of furan rings is 1. The van der Waals surface area contributed by atoms with Crippen molar-refractivity contribution in [3.05, 3.63) is 231 Å². The Hall–Kier alpha value is -8.14. The van der Waals surface area contributed by atoms with E-state index in [4.69, 9.17) is 4.42 Å². The Morgan fingerprint density at radius 2 is 0.885 bits per heavy atom. The van der Waals surface area contributed by atoms with Crippen LogP contribution in [0.15, 0.2) is 235 Å². The lowest BCUT2D eigenvalue weighted by Crippen LogP contribution is -2.10. The van der Waals surface area contributed by atoms with Gasteiger partial charge in [-0.15, -0.1) is 0 Å². The van der Waals surface area contributed by atoms with Crippen LogP contribution in [0.1, 0.15) is 0 Å². The maximum absolute atomic E-state index is 6.26. The summed E-state index contributed by atoms with van der Waals surface area (Å²) in [6, 6.07) is 82.9. The number of rotatable bonds is 7. The van der Waals surface area contributed by atoms with Crippen molar-refractivity contribution in [3.63, 3.8) is 0 Å². The van der Waals surface area contributed by atoms with Crippen LogP contribution < -0.4 is 4.90 Å². The third kappa shape index (κ3) is 5.90. The third-order valence-corrected chi connectivity index (χ3v) is 12.2. The van der Waals surface area contributed by atoms with E-state index in [-0.39, 0.29) is 0 Å². The van der Waals surface area contributed by atoms with Crippen molar-refractivity contribution < 1.29 is 4.42 Å². The fourth-order valence-electron chi connectivity index (χ4n) is 9.37. The molecule has 3 heteroatoms. The van der Waals surface area contributed by atoms with Crippen LogP contribution in [0.4, 0.5) is 17.1 Å². The first kappa shape index (κ1) is 34.9. The molecule has 0 saturated carbocycles. The van der Waals surface area contributed by atoms with Crippen molar-refractivity contribution in [1.29, 1.82) is 0 Å². The van der Waals surface area contributed by atoms with Gasteiger partial charge in [0.1, 0.15) is 11.2 Å². The molecule has 2 heterocycles. The normalized spacial score (nSPS) is 11.6. The molecule has 0 spiro atoms. The summed E-state index contributed by atoms with van der Waals surface area (Å²) in [5.74, 6) is 0. The van der Waals surface area contributed by atoms with Gasteiger partial charge in [0, 0.05) is 44.3 Å². The van der Waals surface area contributed by atoms with E-state index in [1.54, 1.807) is 0 Å². The van der Waals surface area contributed by atoms with Crippen LogP contribution in [0, 0.1) is 0 Å². The second-order valence-electron chi connectivity index (χ2n) is 15.7. The first-order valence-corrected chi connectivity index (χ1v) is 20.8. The van der Waals surface area contributed by atoms with Gasteiger partial charge in [-0.05, 0) is 117 Å². The number of benzene rings is 10. The summed E-state index contributed by atoms with van der Waals surface area (Å²) in [6.07, 6.45) is 0. The van der Waals surface area contributed by atoms with Crippen molar-refractivity contribution in [3.8, 4) is 39.1 Å². The number of fused-ring (bicyclic) bond motifs is 7. The van der Waals surface area contributed by atoms with E-state index in [1.165, 1.54) is 49.3 Å². The molecule has 0 atom stereocenters. The molecular formula is C58H38N2O. The molecule has 0 fully saturated rings. The van der Waals surface area contributed by atoms with Crippen LogP contribution in [0.3, 0.4) is 0 Å². The van der Waals surface area contributed by atoms with Gasteiger partial charge in [0.25, 0.3) is 0 Å². The molecule has 0 unspecified atom stereocenters. The van der Waals surface area contributed by atoms with Crippen molar-refractivity contribution in [2.75, 3.05) is 4.90 Å². The molecule has 286 valence electrons. The molecule has 0 bridgehead atoms. The van der Waals surface area contributed by atoms with Gasteiger partial charge in [-0.2, -0.15) is 0 Å². The smallest absolute Gasteiger partial charge is 0.136 e. The van der Waals surface area contributed by atoms with Crippen molar-refractivity contribution in [2.24, 2.45) is 0 Å². The van der Waals surface area contributed by atoms with Gasteiger partial charge in [0.05, 0.1) is 11.0 Å². The Kier molecular flexibility index (Phi) is 8.17.